The van der Waals surface area contributed by atoms with E-state index >= 15 is 0 Å². The Bertz CT molecular complexity index is 1620. The molecule has 2 N–H and O–H groups in total. The van der Waals surface area contributed by atoms with Crippen LogP contribution in [0.15, 0.2) is 90.7 Å². The van der Waals surface area contributed by atoms with Gasteiger partial charge in [-0.2, -0.15) is 0 Å². The van der Waals surface area contributed by atoms with Gasteiger partial charge >= 0.3 is 0 Å². The third kappa shape index (κ3) is 7.69. The summed E-state index contributed by atoms with van der Waals surface area (Å²) in [5.41, 5.74) is 7.17. The molecule has 0 atom stereocenters. The number of amides is 2. The number of carbonyl (C=O) groups excluding carboxylic acids is 2. The first-order valence-electron chi connectivity index (χ1n) is 14.2. The first-order chi connectivity index (χ1) is 20.3. The van der Waals surface area contributed by atoms with E-state index in [0.717, 1.165) is 58.2 Å². The molecule has 0 unspecified atom stereocenters. The van der Waals surface area contributed by atoms with Gasteiger partial charge in [0.25, 0.3) is 11.8 Å². The van der Waals surface area contributed by atoms with Gasteiger partial charge in [0, 0.05) is 47.6 Å². The SMILES string of the molecule is C/C=C\OC(CCCCNC(=O)c1ccc(NC(=O)c2cc(-c3cccnc3)nc3c(C)cc(C)cc23)cc1)=C(C)C. The highest BCUT2D eigenvalue weighted by atomic mass is 16.5. The number of aromatic nitrogens is 2. The smallest absolute Gasteiger partial charge is 0.256 e. The van der Waals surface area contributed by atoms with E-state index in [1.54, 1.807) is 42.9 Å². The maximum atomic E-state index is 13.6. The largest absolute Gasteiger partial charge is 0.470 e. The summed E-state index contributed by atoms with van der Waals surface area (Å²) in [6.45, 7) is 10.6. The second-order valence-electron chi connectivity index (χ2n) is 10.5. The van der Waals surface area contributed by atoms with E-state index < -0.39 is 0 Å². The Balaban J connectivity index is 1.41. The molecule has 4 rings (SSSR count). The quantitative estimate of drug-likeness (QED) is 0.143. The van der Waals surface area contributed by atoms with Crippen LogP contribution in [0.1, 0.15) is 71.9 Å². The monoisotopic (exact) mass is 562 g/mol. The fourth-order valence-electron chi connectivity index (χ4n) is 4.73. The van der Waals surface area contributed by atoms with E-state index in [1.807, 2.05) is 65.0 Å². The Morgan fingerprint density at radius 3 is 2.45 bits per heavy atom. The van der Waals surface area contributed by atoms with Crippen molar-refractivity contribution < 1.29 is 14.3 Å². The van der Waals surface area contributed by atoms with E-state index in [2.05, 4.69) is 21.7 Å². The van der Waals surface area contributed by atoms with Gasteiger partial charge in [0.1, 0.15) is 5.76 Å². The summed E-state index contributed by atoms with van der Waals surface area (Å²) in [6, 6.07) is 16.6. The Morgan fingerprint density at radius 2 is 1.76 bits per heavy atom. The summed E-state index contributed by atoms with van der Waals surface area (Å²) < 4.78 is 5.65. The Kier molecular flexibility index (Phi) is 10.2. The van der Waals surface area contributed by atoms with Crippen LogP contribution in [0.5, 0.6) is 0 Å². The molecule has 0 fully saturated rings. The topological polar surface area (TPSA) is 93.2 Å². The molecule has 2 amide bonds. The first kappa shape index (κ1) is 30.2. The van der Waals surface area contributed by atoms with Gasteiger partial charge in [-0.25, -0.2) is 4.98 Å². The number of nitrogens with zero attached hydrogens (tertiary/aromatic N) is 2. The number of carbonyl (C=O) groups is 2. The molecule has 0 radical (unpaired) electrons. The van der Waals surface area contributed by atoms with Gasteiger partial charge in [0.05, 0.1) is 23.0 Å². The van der Waals surface area contributed by atoms with E-state index in [1.165, 1.54) is 0 Å². The summed E-state index contributed by atoms with van der Waals surface area (Å²) in [5.74, 6) is 0.576. The van der Waals surface area contributed by atoms with Gasteiger partial charge in [-0.05, 0) is 107 Å². The number of ether oxygens (including phenoxy) is 1. The lowest BCUT2D eigenvalue weighted by Crippen LogP contribution is -2.24. The minimum Gasteiger partial charge on any atom is -0.470 e. The molecule has 0 aliphatic heterocycles. The molecule has 4 aromatic rings. The van der Waals surface area contributed by atoms with Crippen LogP contribution in [0.25, 0.3) is 22.2 Å². The highest BCUT2D eigenvalue weighted by molar-refractivity contribution is 6.13. The van der Waals surface area contributed by atoms with E-state index in [-0.39, 0.29) is 11.8 Å². The van der Waals surface area contributed by atoms with Gasteiger partial charge in [-0.1, -0.05) is 17.7 Å². The van der Waals surface area contributed by atoms with Crippen LogP contribution in [-0.2, 0) is 4.74 Å². The zero-order valence-corrected chi connectivity index (χ0v) is 25.0. The second kappa shape index (κ2) is 14.2. The third-order valence-electron chi connectivity index (χ3n) is 6.88. The van der Waals surface area contributed by atoms with Crippen LogP contribution >= 0.6 is 0 Å². The second-order valence-corrected chi connectivity index (χ2v) is 10.5. The minimum absolute atomic E-state index is 0.146. The van der Waals surface area contributed by atoms with E-state index in [0.29, 0.717) is 29.1 Å². The van der Waals surface area contributed by atoms with Gasteiger partial charge in [-0.15, -0.1) is 0 Å². The molecule has 2 aromatic heterocycles. The number of hydrogen-bond donors (Lipinski definition) is 2. The van der Waals surface area contributed by atoms with Crippen LogP contribution in [0.3, 0.4) is 0 Å². The van der Waals surface area contributed by atoms with Crippen molar-refractivity contribution >= 4 is 28.4 Å². The maximum absolute atomic E-state index is 13.6. The highest BCUT2D eigenvalue weighted by Crippen LogP contribution is 2.28. The van der Waals surface area contributed by atoms with Crippen molar-refractivity contribution in [1.82, 2.24) is 15.3 Å². The Morgan fingerprint density at radius 1 is 0.976 bits per heavy atom. The zero-order chi connectivity index (χ0) is 30.1. The van der Waals surface area contributed by atoms with Gasteiger partial charge in [-0.3, -0.25) is 14.6 Å². The molecular weight excluding hydrogens is 524 g/mol. The van der Waals surface area contributed by atoms with Gasteiger partial charge in [0.2, 0.25) is 0 Å². The summed E-state index contributed by atoms with van der Waals surface area (Å²) in [4.78, 5) is 35.3. The van der Waals surface area contributed by atoms with Crippen molar-refractivity contribution in [2.24, 2.45) is 0 Å². The number of allylic oxidation sites excluding steroid dienone is 3. The lowest BCUT2D eigenvalue weighted by atomic mass is 9.99. The van der Waals surface area contributed by atoms with Crippen molar-refractivity contribution in [3.63, 3.8) is 0 Å². The molecule has 0 saturated carbocycles. The van der Waals surface area contributed by atoms with Crippen molar-refractivity contribution in [2.45, 2.75) is 53.9 Å². The van der Waals surface area contributed by atoms with Crippen LogP contribution in [0, 0.1) is 13.8 Å². The van der Waals surface area contributed by atoms with Crippen LogP contribution in [0.4, 0.5) is 5.69 Å². The number of nitrogens with one attached hydrogen (secondary N) is 2. The van der Waals surface area contributed by atoms with E-state index in [4.69, 9.17) is 9.72 Å². The highest BCUT2D eigenvalue weighted by Gasteiger charge is 2.17. The lowest BCUT2D eigenvalue weighted by molar-refractivity contribution is 0.0952. The standard InChI is InChI=1S/C35H38N4O3/c1-6-18-42-32(23(2)3)11-7-8-17-37-34(40)26-12-14-28(15-13-26)38-35(41)30-21-31(27-10-9-16-36-22-27)39-33-25(5)19-24(4)20-29(30)33/h6,9-10,12-16,18-22H,7-8,11,17H2,1-5H3,(H,37,40)(H,38,41)/b18-6-. The molecule has 216 valence electrons. The number of hydrogen-bond acceptors (Lipinski definition) is 5. The lowest BCUT2D eigenvalue weighted by Gasteiger charge is -2.13. The number of aryl methyl sites for hydroxylation is 2. The fourth-order valence-corrected chi connectivity index (χ4v) is 4.73. The van der Waals surface area contributed by atoms with E-state index in [9.17, 15) is 9.59 Å². The Hall–Kier alpha value is -4.78. The number of rotatable bonds is 11. The number of fused-ring (bicyclic) bond motifs is 1. The molecular formula is C35H38N4O3. The number of pyridine rings is 2. The fraction of sp³-hybridized carbons (Fsp3) is 0.257. The summed E-state index contributed by atoms with van der Waals surface area (Å²) in [6.07, 6.45) is 9.58. The molecule has 2 aromatic carbocycles. The van der Waals surface area contributed by atoms with Crippen LogP contribution in [-0.4, -0.2) is 28.3 Å². The molecule has 2 heterocycles. The summed E-state index contributed by atoms with van der Waals surface area (Å²) in [7, 11) is 0. The summed E-state index contributed by atoms with van der Waals surface area (Å²) >= 11 is 0. The Labute approximate surface area is 247 Å². The average molecular weight is 563 g/mol. The molecule has 7 nitrogen and oxygen atoms in total. The van der Waals surface area contributed by atoms with Crippen molar-refractivity contribution in [3.05, 3.63) is 113 Å². The van der Waals surface area contributed by atoms with Crippen molar-refractivity contribution in [2.75, 3.05) is 11.9 Å². The third-order valence-corrected chi connectivity index (χ3v) is 6.88. The molecule has 7 heteroatoms. The molecule has 0 aliphatic carbocycles. The minimum atomic E-state index is -0.246. The van der Waals surface area contributed by atoms with Crippen LogP contribution < -0.4 is 10.6 Å². The predicted octanol–water partition coefficient (Wildman–Crippen LogP) is 7.91. The molecule has 0 aliphatic rings. The predicted molar refractivity (Wildman–Crippen MR) is 169 cm³/mol. The number of unbranched alkanes of at least 4 members (excludes halogenated alkanes) is 1. The first-order valence-corrected chi connectivity index (χ1v) is 14.2. The molecule has 42 heavy (non-hydrogen) atoms. The maximum Gasteiger partial charge on any atom is 0.256 e. The molecule has 0 saturated heterocycles. The van der Waals surface area contributed by atoms with Crippen molar-refractivity contribution in [3.8, 4) is 11.3 Å². The van der Waals surface area contributed by atoms with Crippen molar-refractivity contribution in [1.29, 1.82) is 0 Å². The molecule has 0 spiro atoms. The summed E-state index contributed by atoms with van der Waals surface area (Å²) in [5, 5.41) is 6.76. The van der Waals surface area contributed by atoms with Crippen LogP contribution in [0.2, 0.25) is 0 Å². The van der Waals surface area contributed by atoms with Gasteiger partial charge < -0.3 is 15.4 Å². The molecule has 0 bridgehead atoms. The number of anilines is 1. The zero-order valence-electron chi connectivity index (χ0n) is 25.0. The van der Waals surface area contributed by atoms with Gasteiger partial charge in [0.15, 0.2) is 0 Å². The average Bonchev–Trinajstić information content (AvgIpc) is 2.98. The number of benzene rings is 2. The normalized spacial score (nSPS) is 11.0.